The van der Waals surface area contributed by atoms with Crippen LogP contribution in [0.25, 0.3) is 0 Å². The maximum atomic E-state index is 13.8. The van der Waals surface area contributed by atoms with Crippen LogP contribution < -0.4 is 16.0 Å². The van der Waals surface area contributed by atoms with Crippen LogP contribution >= 0.6 is 0 Å². The van der Waals surface area contributed by atoms with Crippen molar-refractivity contribution in [1.82, 2.24) is 25.8 Å². The zero-order valence-corrected chi connectivity index (χ0v) is 24.5. The van der Waals surface area contributed by atoms with Gasteiger partial charge in [0.25, 0.3) is 5.91 Å². The van der Waals surface area contributed by atoms with E-state index in [2.05, 4.69) is 16.0 Å². The number of nitrogens with zero attached hydrogens (tertiary/aromatic N) is 2. The molecule has 0 aromatic heterocycles. The fourth-order valence-corrected chi connectivity index (χ4v) is 6.03. The van der Waals surface area contributed by atoms with Crippen molar-refractivity contribution in [2.75, 3.05) is 27.2 Å². The first-order valence-electron chi connectivity index (χ1n) is 13.7. The topological polar surface area (TPSA) is 145 Å². The van der Waals surface area contributed by atoms with Crippen LogP contribution in [0.1, 0.15) is 53.9 Å². The Labute approximate surface area is 237 Å². The molecule has 5 amide bonds. The number of hydrogen-bond donors (Lipinski definition) is 3. The lowest BCUT2D eigenvalue weighted by Gasteiger charge is -2.38. The summed E-state index contributed by atoms with van der Waals surface area (Å²) in [6, 6.07) is -3.77. The molecule has 0 bridgehead atoms. The molecule has 14 heteroatoms. The van der Waals surface area contributed by atoms with Crippen LogP contribution in [0.5, 0.6) is 0 Å². The van der Waals surface area contributed by atoms with Crippen LogP contribution in [-0.2, 0) is 28.8 Å². The highest BCUT2D eigenvalue weighted by molar-refractivity contribution is 6.38. The minimum atomic E-state index is -4.76. The molecule has 3 rings (SSSR count). The monoisotopic (exact) mass is 587 g/mol. The summed E-state index contributed by atoms with van der Waals surface area (Å²) < 4.78 is 38.5. The van der Waals surface area contributed by atoms with Gasteiger partial charge < -0.3 is 25.8 Å². The molecule has 0 spiro atoms. The summed E-state index contributed by atoms with van der Waals surface area (Å²) in [4.78, 5) is 79.9. The summed E-state index contributed by atoms with van der Waals surface area (Å²) >= 11 is 0. The Balaban J connectivity index is 1.88. The number of hydrogen-bond acceptors (Lipinski definition) is 6. The molecule has 1 aliphatic carbocycles. The molecule has 0 radical (unpaired) electrons. The molecule has 41 heavy (non-hydrogen) atoms. The van der Waals surface area contributed by atoms with Gasteiger partial charge >= 0.3 is 6.18 Å². The number of amides is 5. The Morgan fingerprint density at radius 1 is 1.10 bits per heavy atom. The average Bonchev–Trinajstić information content (AvgIpc) is 3.17. The number of carbonyl (C=O) groups excluding carboxylic acids is 6. The van der Waals surface area contributed by atoms with Crippen molar-refractivity contribution in [2.45, 2.75) is 78.2 Å². The zero-order valence-electron chi connectivity index (χ0n) is 24.5. The van der Waals surface area contributed by atoms with E-state index in [9.17, 15) is 41.9 Å². The lowest BCUT2D eigenvalue weighted by molar-refractivity contribution is -0.157. The Morgan fingerprint density at radius 2 is 1.71 bits per heavy atom. The van der Waals surface area contributed by atoms with Crippen molar-refractivity contribution in [1.29, 1.82) is 0 Å². The first kappa shape index (κ1) is 32.3. The van der Waals surface area contributed by atoms with Crippen LogP contribution in [0.2, 0.25) is 0 Å². The van der Waals surface area contributed by atoms with E-state index in [0.29, 0.717) is 13.0 Å². The molecule has 1 saturated carbocycles. The highest BCUT2D eigenvalue weighted by atomic mass is 19.4. The number of carbonyl (C=O) groups is 6. The number of rotatable bonds is 9. The molecule has 3 aliphatic rings. The van der Waals surface area contributed by atoms with E-state index in [1.165, 1.54) is 19.0 Å². The molecule has 2 unspecified atom stereocenters. The van der Waals surface area contributed by atoms with Gasteiger partial charge in [-0.3, -0.25) is 28.8 Å². The Hall–Kier alpha value is -3.19. The second-order valence-electron chi connectivity index (χ2n) is 13.2. The fourth-order valence-electron chi connectivity index (χ4n) is 6.03. The zero-order chi connectivity index (χ0) is 31.2. The first-order chi connectivity index (χ1) is 18.7. The van der Waals surface area contributed by atoms with Gasteiger partial charge in [-0.15, -0.1) is 0 Å². The minimum Gasteiger partial charge on any atom is -0.356 e. The third-order valence-corrected chi connectivity index (χ3v) is 8.47. The van der Waals surface area contributed by atoms with E-state index < -0.39 is 71.5 Å². The molecule has 230 valence electrons. The fraction of sp³-hybridized carbons (Fsp3) is 0.778. The van der Waals surface area contributed by atoms with Gasteiger partial charge in [0.1, 0.15) is 18.5 Å². The SMILES string of the molecule is CN(C)C(=O)C(=O)[C@H](C[C@@H]1CCNC1=O)NC(=O)[C@@H]1[C@@H]2C(CN1C(=O)C(NC(=O)CC(F)(F)F)C(C)(C)C)C2(C)C. The van der Waals surface area contributed by atoms with Gasteiger partial charge in [-0.1, -0.05) is 34.6 Å². The maximum Gasteiger partial charge on any atom is 0.397 e. The Kier molecular flexibility index (Phi) is 8.86. The van der Waals surface area contributed by atoms with E-state index in [1.54, 1.807) is 20.8 Å². The predicted molar refractivity (Wildman–Crippen MR) is 140 cm³/mol. The number of Topliss-reactive ketones (excluding diaryl/α,β-unsaturated/α-hetero) is 1. The molecule has 2 saturated heterocycles. The lowest BCUT2D eigenvalue weighted by Crippen LogP contribution is -2.60. The van der Waals surface area contributed by atoms with Gasteiger partial charge in [-0.05, 0) is 35.5 Å². The van der Waals surface area contributed by atoms with Crippen molar-refractivity contribution >= 4 is 35.3 Å². The molecule has 0 aromatic carbocycles. The van der Waals surface area contributed by atoms with Gasteiger partial charge in [0, 0.05) is 33.1 Å². The number of alkyl halides is 3. The van der Waals surface area contributed by atoms with Crippen LogP contribution in [0.15, 0.2) is 0 Å². The molecule has 11 nitrogen and oxygen atoms in total. The molecule has 2 aliphatic heterocycles. The molecule has 3 fully saturated rings. The lowest BCUT2D eigenvalue weighted by atomic mass is 9.85. The van der Waals surface area contributed by atoms with Crippen molar-refractivity contribution in [3.63, 3.8) is 0 Å². The van der Waals surface area contributed by atoms with Crippen LogP contribution in [0, 0.1) is 28.6 Å². The number of fused-ring (bicyclic) bond motifs is 1. The highest BCUT2D eigenvalue weighted by Crippen LogP contribution is 2.65. The third kappa shape index (κ3) is 7.00. The standard InChI is InChI=1S/C27H40F3N5O6/c1-25(2,3)20(33-16(36)11-27(28,29)30)24(41)35-12-14-17(26(14,4)5)18(35)22(39)32-15(19(37)23(40)34(6)7)10-13-8-9-31-21(13)38/h13-15,17-18,20H,8-12H2,1-7H3,(H,31,38)(H,32,39)(H,33,36)/t13-,14?,15-,17-,18-,20?/m0/s1. The van der Waals surface area contributed by atoms with E-state index in [4.69, 9.17) is 0 Å². The summed E-state index contributed by atoms with van der Waals surface area (Å²) in [5.41, 5.74) is -1.33. The number of piperidine rings is 1. The van der Waals surface area contributed by atoms with Crippen molar-refractivity contribution < 1.29 is 41.9 Å². The van der Waals surface area contributed by atoms with Crippen LogP contribution in [0.4, 0.5) is 13.2 Å². The molecular formula is C27H40F3N5O6. The van der Waals surface area contributed by atoms with Crippen LogP contribution in [-0.4, -0.2) is 96.6 Å². The minimum absolute atomic E-state index is 0.0909. The second-order valence-corrected chi connectivity index (χ2v) is 13.2. The van der Waals surface area contributed by atoms with E-state index in [1.807, 2.05) is 13.8 Å². The third-order valence-electron chi connectivity index (χ3n) is 8.47. The molecule has 2 heterocycles. The van der Waals surface area contributed by atoms with Crippen molar-refractivity contribution in [3.8, 4) is 0 Å². The van der Waals surface area contributed by atoms with Crippen molar-refractivity contribution in [2.24, 2.45) is 28.6 Å². The van der Waals surface area contributed by atoms with E-state index >= 15 is 0 Å². The van der Waals surface area contributed by atoms with Gasteiger partial charge in [-0.25, -0.2) is 0 Å². The van der Waals surface area contributed by atoms with Gasteiger partial charge in [0.2, 0.25) is 29.4 Å². The maximum absolute atomic E-state index is 13.8. The van der Waals surface area contributed by atoms with Gasteiger partial charge in [0.15, 0.2) is 0 Å². The Morgan fingerprint density at radius 3 is 2.20 bits per heavy atom. The molecule has 3 N–H and O–H groups in total. The number of likely N-dealkylation sites (N-methyl/N-ethyl adjacent to an activating group) is 1. The summed E-state index contributed by atoms with van der Waals surface area (Å²) in [6.45, 7) is 9.16. The smallest absolute Gasteiger partial charge is 0.356 e. The van der Waals surface area contributed by atoms with Crippen LogP contribution in [0.3, 0.4) is 0 Å². The average molecular weight is 588 g/mol. The van der Waals surface area contributed by atoms with E-state index in [-0.39, 0.29) is 36.1 Å². The number of ketones is 1. The number of halogens is 3. The van der Waals surface area contributed by atoms with Crippen molar-refractivity contribution in [3.05, 3.63) is 0 Å². The summed E-state index contributed by atoms with van der Waals surface area (Å²) in [6.07, 6.45) is -6.20. The largest absolute Gasteiger partial charge is 0.397 e. The van der Waals surface area contributed by atoms with Gasteiger partial charge in [-0.2, -0.15) is 13.2 Å². The van der Waals surface area contributed by atoms with Gasteiger partial charge in [0.05, 0.1) is 6.04 Å². The number of likely N-dealkylation sites (tertiary alicyclic amines) is 1. The number of nitrogens with one attached hydrogen (secondary N) is 3. The quantitative estimate of drug-likeness (QED) is 0.338. The predicted octanol–water partition coefficient (Wildman–Crippen LogP) is 0.621. The second kappa shape index (κ2) is 11.2. The molecule has 0 aromatic rings. The molecule has 6 atom stereocenters. The summed E-state index contributed by atoms with van der Waals surface area (Å²) in [7, 11) is 2.77. The normalized spacial score (nSPS) is 26.4. The first-order valence-corrected chi connectivity index (χ1v) is 13.7. The Bertz CT molecular complexity index is 1120. The highest BCUT2D eigenvalue weighted by Gasteiger charge is 2.70. The summed E-state index contributed by atoms with van der Waals surface area (Å²) in [5, 5.41) is 7.50. The summed E-state index contributed by atoms with van der Waals surface area (Å²) in [5.74, 6) is -5.83. The van der Waals surface area contributed by atoms with E-state index in [0.717, 1.165) is 4.90 Å². The molecular weight excluding hydrogens is 547 g/mol.